The molecule has 0 fully saturated rings. The highest BCUT2D eigenvalue weighted by Crippen LogP contribution is 2.35. The Morgan fingerprint density at radius 3 is 2.61 bits per heavy atom. The number of hydrogen-bond donors (Lipinski definition) is 0. The summed E-state index contributed by atoms with van der Waals surface area (Å²) in [5, 5.41) is 10.5. The monoisotopic (exact) mass is 378 g/mol. The van der Waals surface area contributed by atoms with Crippen LogP contribution in [0.25, 0.3) is 0 Å². The number of carbonyl (C=O) groups is 1. The smallest absolute Gasteiger partial charge is 0.254 e. The third-order valence-electron chi connectivity index (χ3n) is 2.76. The molecule has 0 spiro atoms. The van der Waals surface area contributed by atoms with E-state index >= 15 is 0 Å². The normalized spacial score (nSPS) is 11.5. The van der Waals surface area contributed by atoms with Gasteiger partial charge in [-0.25, -0.2) is 8.42 Å². The molecule has 0 atom stereocenters. The van der Waals surface area contributed by atoms with Gasteiger partial charge in [-0.3, -0.25) is 4.79 Å². The van der Waals surface area contributed by atoms with E-state index in [1.54, 1.807) is 6.92 Å². The molecule has 0 aliphatic heterocycles. The first-order valence-electron chi connectivity index (χ1n) is 6.29. The van der Waals surface area contributed by atoms with Gasteiger partial charge in [-0.05, 0) is 35.9 Å². The fourth-order valence-corrected chi connectivity index (χ4v) is 3.14. The summed E-state index contributed by atoms with van der Waals surface area (Å²) in [7, 11) is -3.60. The van der Waals surface area contributed by atoms with Gasteiger partial charge in [0.1, 0.15) is 11.5 Å². The van der Waals surface area contributed by atoms with Crippen LogP contribution in [0.5, 0.6) is 5.75 Å². The lowest BCUT2D eigenvalue weighted by Crippen LogP contribution is -2.13. The van der Waals surface area contributed by atoms with Crippen molar-refractivity contribution in [1.82, 2.24) is 20.2 Å². The largest absolute Gasteiger partial charge is 0.489 e. The Kier molecular flexibility index (Phi) is 5.23. The highest BCUT2D eigenvalue weighted by molar-refractivity contribution is 7.90. The van der Waals surface area contributed by atoms with E-state index in [-0.39, 0.29) is 34.4 Å². The third-order valence-corrected chi connectivity index (χ3v) is 4.46. The van der Waals surface area contributed by atoms with Crippen LogP contribution in [-0.2, 0) is 16.4 Å². The number of carbonyl (C=O) groups excluding carboxylic acids is 1. The molecule has 1 heterocycles. The minimum atomic E-state index is -3.60. The van der Waals surface area contributed by atoms with Gasteiger partial charge in [0.05, 0.1) is 17.1 Å². The lowest BCUT2D eigenvalue weighted by Gasteiger charge is -2.13. The Labute approximate surface area is 142 Å². The number of rotatable bonds is 6. The Balaban J connectivity index is 2.30. The van der Waals surface area contributed by atoms with Gasteiger partial charge in [-0.1, -0.05) is 11.6 Å². The topological polar surface area (TPSA) is 104 Å². The maximum atomic E-state index is 11.8. The van der Waals surface area contributed by atoms with E-state index in [0.717, 1.165) is 6.26 Å². The summed E-state index contributed by atoms with van der Waals surface area (Å²) >= 11 is 11.5. The number of hydrogen-bond acceptors (Lipinski definition) is 7. The van der Waals surface area contributed by atoms with Crippen LogP contribution in [0.2, 0.25) is 5.02 Å². The van der Waals surface area contributed by atoms with Gasteiger partial charge in [0.15, 0.2) is 21.4 Å². The molecular formula is C12H12Cl2N4O4S. The number of sulfone groups is 1. The molecule has 1 aromatic carbocycles. The van der Waals surface area contributed by atoms with Gasteiger partial charge in [-0.15, -0.1) is 10.2 Å². The van der Waals surface area contributed by atoms with E-state index < -0.39 is 15.1 Å². The summed E-state index contributed by atoms with van der Waals surface area (Å²) in [6.45, 7) is 1.93. The summed E-state index contributed by atoms with van der Waals surface area (Å²) in [5.41, 5.74) is -0.0366. The van der Waals surface area contributed by atoms with E-state index in [0.29, 0.717) is 5.82 Å². The predicted octanol–water partition coefficient (Wildman–Crippen LogP) is 1.50. The minimum Gasteiger partial charge on any atom is -0.489 e. The zero-order chi connectivity index (χ0) is 17.2. The van der Waals surface area contributed by atoms with Crippen LogP contribution in [0, 0.1) is 6.92 Å². The van der Waals surface area contributed by atoms with Crippen molar-refractivity contribution in [2.24, 2.45) is 0 Å². The van der Waals surface area contributed by atoms with Crippen molar-refractivity contribution in [3.63, 3.8) is 0 Å². The van der Waals surface area contributed by atoms with Crippen molar-refractivity contribution in [3.8, 4) is 5.75 Å². The fourth-order valence-electron chi connectivity index (χ4n) is 1.76. The van der Waals surface area contributed by atoms with Crippen LogP contribution < -0.4 is 4.74 Å². The number of nitrogens with zero attached hydrogens (tertiary/aromatic N) is 4. The second kappa shape index (κ2) is 6.81. The molecule has 1 aromatic heterocycles. The van der Waals surface area contributed by atoms with Crippen LogP contribution >= 0.6 is 23.2 Å². The van der Waals surface area contributed by atoms with E-state index in [9.17, 15) is 13.2 Å². The molecule has 0 bridgehead atoms. The average molecular weight is 379 g/mol. The average Bonchev–Trinajstić information content (AvgIpc) is 2.84. The second-order valence-electron chi connectivity index (χ2n) is 4.58. The zero-order valence-electron chi connectivity index (χ0n) is 12.2. The maximum absolute atomic E-state index is 11.8. The van der Waals surface area contributed by atoms with Crippen LogP contribution in [0.3, 0.4) is 0 Å². The molecule has 11 heteroatoms. The molecule has 124 valence electrons. The van der Waals surface area contributed by atoms with E-state index in [1.807, 2.05) is 0 Å². The lowest BCUT2D eigenvalue weighted by atomic mass is 10.2. The molecular weight excluding hydrogens is 367 g/mol. The van der Waals surface area contributed by atoms with E-state index in [1.165, 1.54) is 16.9 Å². The number of ether oxygens (including phenoxy) is 1. The van der Waals surface area contributed by atoms with Gasteiger partial charge >= 0.3 is 0 Å². The number of halogens is 2. The Morgan fingerprint density at radius 2 is 2.09 bits per heavy atom. The van der Waals surface area contributed by atoms with Crippen molar-refractivity contribution in [1.29, 1.82) is 0 Å². The summed E-state index contributed by atoms with van der Waals surface area (Å²) in [5.74, 6) is 0.368. The molecule has 0 aliphatic rings. The van der Waals surface area contributed by atoms with Gasteiger partial charge in [0.25, 0.3) is 5.24 Å². The molecule has 2 rings (SSSR count). The molecule has 0 saturated carbocycles. The fraction of sp³-hybridized carbons (Fsp3) is 0.333. The minimum absolute atomic E-state index is 0.0258. The van der Waals surface area contributed by atoms with E-state index in [4.69, 9.17) is 27.9 Å². The standard InChI is InChI=1S/C12H12Cl2N4O4S/c1-7-15-17-18(16-7)5-6-22-11-9(23(2,20)21)4-3-8(10(11)13)12(14)19/h3-4H,5-6H2,1-2H3. The molecule has 0 saturated heterocycles. The second-order valence-corrected chi connectivity index (χ2v) is 7.29. The first-order chi connectivity index (χ1) is 10.7. The molecule has 0 N–H and O–H groups in total. The highest BCUT2D eigenvalue weighted by Gasteiger charge is 2.22. The predicted molar refractivity (Wildman–Crippen MR) is 82.8 cm³/mol. The molecule has 0 aliphatic carbocycles. The summed E-state index contributed by atoms with van der Waals surface area (Å²) in [4.78, 5) is 12.5. The highest BCUT2D eigenvalue weighted by atomic mass is 35.5. The quantitative estimate of drug-likeness (QED) is 0.701. The number of benzene rings is 1. The zero-order valence-corrected chi connectivity index (χ0v) is 14.5. The maximum Gasteiger partial charge on any atom is 0.254 e. The summed E-state index contributed by atoms with van der Waals surface area (Å²) in [6, 6.07) is 2.47. The molecule has 0 unspecified atom stereocenters. The van der Waals surface area contributed by atoms with Crippen molar-refractivity contribution >= 4 is 38.3 Å². The van der Waals surface area contributed by atoms with Gasteiger partial charge < -0.3 is 4.74 Å². The molecule has 8 nitrogen and oxygen atoms in total. The van der Waals surface area contributed by atoms with Crippen molar-refractivity contribution in [2.75, 3.05) is 12.9 Å². The van der Waals surface area contributed by atoms with Gasteiger partial charge in [0, 0.05) is 6.26 Å². The van der Waals surface area contributed by atoms with Crippen molar-refractivity contribution in [2.45, 2.75) is 18.4 Å². The van der Waals surface area contributed by atoms with Crippen molar-refractivity contribution in [3.05, 3.63) is 28.5 Å². The summed E-state index contributed by atoms with van der Waals surface area (Å²) in [6.07, 6.45) is 1.01. The SMILES string of the molecule is Cc1nnn(CCOc2c(S(C)(=O)=O)ccc(C(=O)Cl)c2Cl)n1. The molecule has 0 radical (unpaired) electrons. The number of aryl methyl sites for hydroxylation is 1. The Morgan fingerprint density at radius 1 is 1.39 bits per heavy atom. The van der Waals surface area contributed by atoms with Crippen LogP contribution in [-0.4, -0.2) is 46.7 Å². The van der Waals surface area contributed by atoms with E-state index in [2.05, 4.69) is 15.4 Å². The third kappa shape index (κ3) is 4.18. The first kappa shape index (κ1) is 17.6. The number of aromatic nitrogens is 4. The number of tetrazole rings is 1. The lowest BCUT2D eigenvalue weighted by molar-refractivity contribution is 0.108. The van der Waals surface area contributed by atoms with Crippen LogP contribution in [0.1, 0.15) is 16.2 Å². The first-order valence-corrected chi connectivity index (χ1v) is 8.94. The molecule has 0 amide bonds. The molecule has 2 aromatic rings. The summed E-state index contributed by atoms with van der Waals surface area (Å²) < 4.78 is 29.1. The van der Waals surface area contributed by atoms with Crippen LogP contribution in [0.15, 0.2) is 17.0 Å². The molecule has 23 heavy (non-hydrogen) atoms. The van der Waals surface area contributed by atoms with Crippen LogP contribution in [0.4, 0.5) is 0 Å². The van der Waals surface area contributed by atoms with Crippen molar-refractivity contribution < 1.29 is 17.9 Å². The Bertz CT molecular complexity index is 851. The Hall–Kier alpha value is -1.71. The van der Waals surface area contributed by atoms with Gasteiger partial charge in [-0.2, -0.15) is 4.80 Å². The van der Waals surface area contributed by atoms with Gasteiger partial charge in [0.2, 0.25) is 0 Å².